The van der Waals surface area contributed by atoms with E-state index in [0.717, 1.165) is 5.69 Å². The molecule has 2 N–H and O–H groups in total. The highest BCUT2D eigenvalue weighted by Crippen LogP contribution is 2.14. The van der Waals surface area contributed by atoms with Crippen LogP contribution < -0.4 is 5.73 Å². The standard InChI is InChI=1S/C10H8N4/c11-5-8-3-1-2-4-9(8)14-6-10(12)13-7-14/h1-4,6-7H,12H2. The molecular formula is C10H8N4. The zero-order valence-electron chi connectivity index (χ0n) is 7.38. The van der Waals surface area contributed by atoms with Crippen LogP contribution in [0.3, 0.4) is 0 Å². The fraction of sp³-hybridized carbons (Fsp3) is 0. The van der Waals surface area contributed by atoms with Gasteiger partial charge in [-0.3, -0.25) is 0 Å². The van der Waals surface area contributed by atoms with Gasteiger partial charge in [0.25, 0.3) is 0 Å². The molecule has 1 aromatic carbocycles. The van der Waals surface area contributed by atoms with Crippen molar-refractivity contribution in [1.29, 1.82) is 5.26 Å². The molecule has 1 heterocycles. The third kappa shape index (κ3) is 1.31. The van der Waals surface area contributed by atoms with Crippen LogP contribution in [0.1, 0.15) is 5.56 Å². The number of nitrogens with zero attached hydrogens (tertiary/aromatic N) is 3. The van der Waals surface area contributed by atoms with Crippen LogP contribution in [0.4, 0.5) is 5.82 Å². The van der Waals surface area contributed by atoms with Crippen molar-refractivity contribution in [3.63, 3.8) is 0 Å². The molecule has 0 amide bonds. The lowest BCUT2D eigenvalue weighted by Crippen LogP contribution is -1.93. The Kier molecular flexibility index (Phi) is 1.92. The van der Waals surface area contributed by atoms with Crippen LogP contribution in [-0.4, -0.2) is 9.55 Å². The summed E-state index contributed by atoms with van der Waals surface area (Å²) in [4.78, 5) is 3.90. The van der Waals surface area contributed by atoms with Crippen LogP contribution in [0.25, 0.3) is 5.69 Å². The summed E-state index contributed by atoms with van der Waals surface area (Å²) >= 11 is 0. The Morgan fingerprint density at radius 3 is 2.79 bits per heavy atom. The van der Waals surface area contributed by atoms with Crippen molar-refractivity contribution in [3.8, 4) is 11.8 Å². The molecule has 14 heavy (non-hydrogen) atoms. The average Bonchev–Trinajstić information content (AvgIpc) is 2.65. The van der Waals surface area contributed by atoms with Crippen LogP contribution in [0.2, 0.25) is 0 Å². The van der Waals surface area contributed by atoms with Gasteiger partial charge in [-0.1, -0.05) is 12.1 Å². The minimum atomic E-state index is 0.442. The van der Waals surface area contributed by atoms with Gasteiger partial charge in [0.15, 0.2) is 0 Å². The number of hydrogen-bond acceptors (Lipinski definition) is 3. The molecule has 2 rings (SSSR count). The molecule has 0 aliphatic carbocycles. The number of anilines is 1. The van der Waals surface area contributed by atoms with Crippen LogP contribution in [-0.2, 0) is 0 Å². The summed E-state index contributed by atoms with van der Waals surface area (Å²) in [6.45, 7) is 0. The van der Waals surface area contributed by atoms with E-state index >= 15 is 0 Å². The molecule has 0 spiro atoms. The lowest BCUT2D eigenvalue weighted by molar-refractivity contribution is 1.05. The Labute approximate surface area is 81.2 Å². The molecule has 0 bridgehead atoms. The van der Waals surface area contributed by atoms with E-state index in [0.29, 0.717) is 11.4 Å². The van der Waals surface area contributed by atoms with E-state index in [1.807, 2.05) is 18.2 Å². The van der Waals surface area contributed by atoms with Gasteiger partial charge in [0.2, 0.25) is 0 Å². The van der Waals surface area contributed by atoms with Gasteiger partial charge in [-0.15, -0.1) is 0 Å². The predicted molar refractivity (Wildman–Crippen MR) is 52.7 cm³/mol. The van der Waals surface area contributed by atoms with Crippen molar-refractivity contribution in [1.82, 2.24) is 9.55 Å². The maximum Gasteiger partial charge on any atom is 0.141 e. The van der Waals surface area contributed by atoms with E-state index < -0.39 is 0 Å². The fourth-order valence-electron chi connectivity index (χ4n) is 1.26. The van der Waals surface area contributed by atoms with Crippen molar-refractivity contribution < 1.29 is 0 Å². The number of hydrogen-bond donors (Lipinski definition) is 1. The number of aromatic nitrogens is 2. The minimum Gasteiger partial charge on any atom is -0.382 e. The number of benzene rings is 1. The molecule has 0 saturated carbocycles. The van der Waals surface area contributed by atoms with Gasteiger partial charge in [0.05, 0.1) is 17.4 Å². The molecule has 4 heteroatoms. The van der Waals surface area contributed by atoms with Gasteiger partial charge < -0.3 is 10.3 Å². The van der Waals surface area contributed by atoms with E-state index in [2.05, 4.69) is 11.1 Å². The van der Waals surface area contributed by atoms with E-state index in [9.17, 15) is 0 Å². The molecule has 2 aromatic rings. The smallest absolute Gasteiger partial charge is 0.141 e. The summed E-state index contributed by atoms with van der Waals surface area (Å²) in [6.07, 6.45) is 3.27. The number of nitrogen functional groups attached to an aromatic ring is 1. The fourth-order valence-corrected chi connectivity index (χ4v) is 1.26. The Hall–Kier alpha value is -2.28. The summed E-state index contributed by atoms with van der Waals surface area (Å²) in [5.74, 6) is 0.442. The molecule has 0 saturated heterocycles. The second-order valence-electron chi connectivity index (χ2n) is 2.83. The zero-order valence-corrected chi connectivity index (χ0v) is 7.38. The summed E-state index contributed by atoms with van der Waals surface area (Å²) < 4.78 is 1.73. The lowest BCUT2D eigenvalue weighted by atomic mass is 10.2. The van der Waals surface area contributed by atoms with Crippen molar-refractivity contribution in [2.45, 2.75) is 0 Å². The summed E-state index contributed by atoms with van der Waals surface area (Å²) in [5.41, 5.74) is 6.89. The predicted octanol–water partition coefficient (Wildman–Crippen LogP) is 1.33. The molecule has 0 radical (unpaired) electrons. The Morgan fingerprint density at radius 2 is 2.14 bits per heavy atom. The molecule has 4 nitrogen and oxygen atoms in total. The van der Waals surface area contributed by atoms with E-state index in [-0.39, 0.29) is 0 Å². The van der Waals surface area contributed by atoms with Gasteiger partial charge in [-0.25, -0.2) is 4.98 Å². The van der Waals surface area contributed by atoms with Crippen LogP contribution in [0.5, 0.6) is 0 Å². The minimum absolute atomic E-state index is 0.442. The SMILES string of the molecule is N#Cc1ccccc1-n1cnc(N)c1. The normalized spacial score (nSPS) is 9.64. The molecule has 0 unspecified atom stereocenters. The molecule has 0 aliphatic heterocycles. The molecule has 1 aromatic heterocycles. The Balaban J connectivity index is 2.57. The van der Waals surface area contributed by atoms with Gasteiger partial charge in [0, 0.05) is 0 Å². The molecular weight excluding hydrogens is 176 g/mol. The van der Waals surface area contributed by atoms with Crippen LogP contribution in [0.15, 0.2) is 36.8 Å². The monoisotopic (exact) mass is 184 g/mol. The first kappa shape index (κ1) is 8.32. The average molecular weight is 184 g/mol. The highest BCUT2D eigenvalue weighted by atomic mass is 15.1. The highest BCUT2D eigenvalue weighted by Gasteiger charge is 2.02. The largest absolute Gasteiger partial charge is 0.382 e. The third-order valence-corrected chi connectivity index (χ3v) is 1.91. The van der Waals surface area contributed by atoms with Gasteiger partial charge in [0.1, 0.15) is 18.2 Å². The maximum absolute atomic E-state index is 8.87. The zero-order chi connectivity index (χ0) is 9.97. The third-order valence-electron chi connectivity index (χ3n) is 1.91. The number of imidazole rings is 1. The second kappa shape index (κ2) is 3.23. The van der Waals surface area contributed by atoms with Gasteiger partial charge in [-0.05, 0) is 12.1 Å². The van der Waals surface area contributed by atoms with Crippen molar-refractivity contribution >= 4 is 5.82 Å². The summed E-state index contributed by atoms with van der Waals surface area (Å²) in [6, 6.07) is 9.41. The molecule has 68 valence electrons. The lowest BCUT2D eigenvalue weighted by Gasteiger charge is -2.02. The van der Waals surface area contributed by atoms with Crippen molar-refractivity contribution in [2.24, 2.45) is 0 Å². The molecule has 0 atom stereocenters. The number of nitrogens with two attached hydrogens (primary N) is 1. The van der Waals surface area contributed by atoms with Crippen molar-refractivity contribution in [2.75, 3.05) is 5.73 Å². The quantitative estimate of drug-likeness (QED) is 0.726. The first-order valence-corrected chi connectivity index (χ1v) is 4.10. The topological polar surface area (TPSA) is 67.6 Å². The molecule has 0 aliphatic rings. The van der Waals surface area contributed by atoms with E-state index in [1.165, 1.54) is 0 Å². The van der Waals surface area contributed by atoms with E-state index in [1.54, 1.807) is 23.2 Å². The first-order valence-electron chi connectivity index (χ1n) is 4.10. The Morgan fingerprint density at radius 1 is 1.36 bits per heavy atom. The number of nitriles is 1. The summed E-state index contributed by atoms with van der Waals surface area (Å²) in [7, 11) is 0. The molecule has 0 fully saturated rings. The Bertz CT molecular complexity index is 493. The van der Waals surface area contributed by atoms with Crippen molar-refractivity contribution in [3.05, 3.63) is 42.4 Å². The number of para-hydroxylation sites is 1. The van der Waals surface area contributed by atoms with E-state index in [4.69, 9.17) is 11.0 Å². The van der Waals surface area contributed by atoms with Gasteiger partial charge in [-0.2, -0.15) is 5.26 Å². The number of rotatable bonds is 1. The summed E-state index contributed by atoms with van der Waals surface area (Å²) in [5, 5.41) is 8.87. The van der Waals surface area contributed by atoms with Crippen LogP contribution in [0, 0.1) is 11.3 Å². The van der Waals surface area contributed by atoms with Gasteiger partial charge >= 0.3 is 0 Å². The maximum atomic E-state index is 8.87. The first-order chi connectivity index (χ1) is 6.81. The van der Waals surface area contributed by atoms with Crippen LogP contribution >= 0.6 is 0 Å². The highest BCUT2D eigenvalue weighted by molar-refractivity contribution is 5.49. The second-order valence-corrected chi connectivity index (χ2v) is 2.83.